The molecule has 16 heavy (non-hydrogen) atoms. The molecule has 2 aromatic rings. The zero-order chi connectivity index (χ0) is 11.1. The number of thiazole rings is 1. The molecule has 0 aliphatic carbocycles. The first kappa shape index (κ1) is 11.4. The molecular formula is C12H16N2OS. The van der Waals surface area contributed by atoms with E-state index >= 15 is 0 Å². The molecule has 1 N–H and O–H groups in total. The summed E-state index contributed by atoms with van der Waals surface area (Å²) in [5, 5.41) is 6.67. The molecule has 0 aliphatic rings. The predicted molar refractivity (Wildman–Crippen MR) is 65.5 cm³/mol. The van der Waals surface area contributed by atoms with Crippen molar-refractivity contribution in [2.75, 3.05) is 6.54 Å². The van der Waals surface area contributed by atoms with Crippen molar-refractivity contribution in [1.82, 2.24) is 10.3 Å². The summed E-state index contributed by atoms with van der Waals surface area (Å²) < 4.78 is 4.99. The van der Waals surface area contributed by atoms with Crippen LogP contribution in [0.1, 0.15) is 23.4 Å². The van der Waals surface area contributed by atoms with Gasteiger partial charge in [0.25, 0.3) is 0 Å². The Balaban J connectivity index is 1.49. The first-order chi connectivity index (χ1) is 7.95. The molecule has 0 atom stereocenters. The van der Waals surface area contributed by atoms with Gasteiger partial charge in [0.1, 0.15) is 0 Å². The van der Waals surface area contributed by atoms with Crippen LogP contribution in [0.2, 0.25) is 0 Å². The summed E-state index contributed by atoms with van der Waals surface area (Å²) in [7, 11) is 0. The van der Waals surface area contributed by atoms with E-state index in [-0.39, 0.29) is 0 Å². The van der Waals surface area contributed by atoms with Crippen molar-refractivity contribution in [2.45, 2.75) is 25.8 Å². The summed E-state index contributed by atoms with van der Waals surface area (Å²) in [4.78, 5) is 4.26. The van der Waals surface area contributed by atoms with Crippen LogP contribution in [0.3, 0.4) is 0 Å². The molecule has 2 aromatic heterocycles. The number of unbranched alkanes of at least 4 members (excludes halogenated alkanes) is 1. The normalized spacial score (nSPS) is 10.8. The fourth-order valence-electron chi connectivity index (χ4n) is 1.53. The highest BCUT2D eigenvalue weighted by molar-refractivity contribution is 7.09. The van der Waals surface area contributed by atoms with E-state index in [0.29, 0.717) is 0 Å². The van der Waals surface area contributed by atoms with Gasteiger partial charge in [0.2, 0.25) is 0 Å². The van der Waals surface area contributed by atoms with Crippen molar-refractivity contribution in [2.24, 2.45) is 0 Å². The highest BCUT2D eigenvalue weighted by atomic mass is 32.1. The van der Waals surface area contributed by atoms with Crippen molar-refractivity contribution >= 4 is 11.3 Å². The number of nitrogens with one attached hydrogen (secondary N) is 1. The molecule has 0 fully saturated rings. The number of rotatable bonds is 7. The average Bonchev–Trinajstić information content (AvgIpc) is 2.96. The fraction of sp³-hybridized carbons (Fsp3) is 0.417. The summed E-state index contributed by atoms with van der Waals surface area (Å²) in [6, 6.07) is 1.99. The van der Waals surface area contributed by atoms with E-state index in [1.54, 1.807) is 23.9 Å². The van der Waals surface area contributed by atoms with Gasteiger partial charge in [0.05, 0.1) is 17.5 Å². The van der Waals surface area contributed by atoms with Crippen LogP contribution in [0.25, 0.3) is 0 Å². The minimum Gasteiger partial charge on any atom is -0.472 e. The minimum atomic E-state index is 0.897. The highest BCUT2D eigenvalue weighted by Gasteiger charge is 1.96. The van der Waals surface area contributed by atoms with Crippen LogP contribution >= 0.6 is 11.3 Å². The van der Waals surface area contributed by atoms with Gasteiger partial charge in [-0.15, -0.1) is 11.3 Å². The van der Waals surface area contributed by atoms with Crippen LogP contribution in [-0.4, -0.2) is 11.5 Å². The molecule has 0 aliphatic heterocycles. The number of furan rings is 1. The van der Waals surface area contributed by atoms with Gasteiger partial charge in [-0.3, -0.25) is 0 Å². The molecule has 0 aromatic carbocycles. The molecule has 0 saturated heterocycles. The van der Waals surface area contributed by atoms with Gasteiger partial charge in [-0.05, 0) is 31.9 Å². The van der Waals surface area contributed by atoms with E-state index in [1.165, 1.54) is 23.4 Å². The first-order valence-electron chi connectivity index (χ1n) is 5.55. The second-order valence-electron chi connectivity index (χ2n) is 3.69. The van der Waals surface area contributed by atoms with Crippen LogP contribution in [0.15, 0.2) is 34.6 Å². The Kier molecular flexibility index (Phi) is 4.58. The summed E-state index contributed by atoms with van der Waals surface area (Å²) in [6.45, 7) is 1.95. The molecule has 86 valence electrons. The second kappa shape index (κ2) is 6.45. The molecule has 0 unspecified atom stereocenters. The Morgan fingerprint density at radius 3 is 3.12 bits per heavy atom. The van der Waals surface area contributed by atoms with Crippen LogP contribution in [0, 0.1) is 0 Å². The summed E-state index contributed by atoms with van der Waals surface area (Å²) in [5.41, 5.74) is 1.21. The van der Waals surface area contributed by atoms with Gasteiger partial charge in [-0.2, -0.15) is 0 Å². The van der Waals surface area contributed by atoms with Gasteiger partial charge in [0.15, 0.2) is 0 Å². The third-order valence-corrected chi connectivity index (χ3v) is 3.23. The molecule has 2 heterocycles. The van der Waals surface area contributed by atoms with Crippen molar-refractivity contribution < 1.29 is 4.42 Å². The largest absolute Gasteiger partial charge is 0.472 e. The average molecular weight is 236 g/mol. The topological polar surface area (TPSA) is 38.1 Å². The zero-order valence-corrected chi connectivity index (χ0v) is 10.0. The molecule has 2 rings (SSSR count). The predicted octanol–water partition coefficient (Wildman–Crippen LogP) is 2.85. The van der Waals surface area contributed by atoms with Crippen molar-refractivity contribution in [3.63, 3.8) is 0 Å². The van der Waals surface area contributed by atoms with E-state index in [1.807, 2.05) is 17.6 Å². The summed E-state index contributed by atoms with van der Waals surface area (Å²) in [5.74, 6) is 0. The highest BCUT2D eigenvalue weighted by Crippen LogP contribution is 2.07. The van der Waals surface area contributed by atoms with E-state index in [2.05, 4.69) is 10.3 Å². The van der Waals surface area contributed by atoms with Gasteiger partial charge in [-0.25, -0.2) is 4.98 Å². The maximum absolute atomic E-state index is 4.99. The van der Waals surface area contributed by atoms with Crippen molar-refractivity contribution in [1.29, 1.82) is 0 Å². The van der Waals surface area contributed by atoms with Crippen LogP contribution < -0.4 is 5.32 Å². The van der Waals surface area contributed by atoms with Crippen LogP contribution in [-0.2, 0) is 13.0 Å². The Morgan fingerprint density at radius 2 is 2.38 bits per heavy atom. The van der Waals surface area contributed by atoms with E-state index in [9.17, 15) is 0 Å². The quantitative estimate of drug-likeness (QED) is 0.751. The van der Waals surface area contributed by atoms with Gasteiger partial charge in [0, 0.05) is 23.7 Å². The lowest BCUT2D eigenvalue weighted by atomic mass is 10.2. The number of hydrogen-bond donors (Lipinski definition) is 1. The van der Waals surface area contributed by atoms with Crippen molar-refractivity contribution in [3.05, 3.63) is 40.7 Å². The van der Waals surface area contributed by atoms with Gasteiger partial charge in [-0.1, -0.05) is 0 Å². The number of aromatic nitrogens is 1. The summed E-state index contributed by atoms with van der Waals surface area (Å²) in [6.07, 6.45) is 8.85. The van der Waals surface area contributed by atoms with Crippen LogP contribution in [0.4, 0.5) is 0 Å². The van der Waals surface area contributed by atoms with Crippen LogP contribution in [0.5, 0.6) is 0 Å². The maximum Gasteiger partial charge on any atom is 0.0947 e. The Bertz CT molecular complexity index is 331. The zero-order valence-electron chi connectivity index (χ0n) is 9.19. The van der Waals surface area contributed by atoms with E-state index in [0.717, 1.165) is 19.5 Å². The molecule has 0 spiro atoms. The Hall–Kier alpha value is -1.13. The number of aryl methyl sites for hydroxylation is 1. The van der Waals surface area contributed by atoms with Gasteiger partial charge >= 0.3 is 0 Å². The monoisotopic (exact) mass is 236 g/mol. The molecule has 0 bridgehead atoms. The third kappa shape index (κ3) is 3.79. The second-order valence-corrected chi connectivity index (χ2v) is 4.67. The molecule has 4 heteroatoms. The maximum atomic E-state index is 4.99. The smallest absolute Gasteiger partial charge is 0.0947 e. The Labute approximate surface area is 99.5 Å². The molecule has 0 radical (unpaired) electrons. The lowest BCUT2D eigenvalue weighted by Crippen LogP contribution is -2.14. The lowest BCUT2D eigenvalue weighted by Gasteiger charge is -2.01. The fourth-order valence-corrected chi connectivity index (χ4v) is 2.19. The van der Waals surface area contributed by atoms with E-state index < -0.39 is 0 Å². The molecule has 0 amide bonds. The SMILES string of the molecule is c1csc(CCCCNCc2ccoc2)n1. The lowest BCUT2D eigenvalue weighted by molar-refractivity contribution is 0.558. The summed E-state index contributed by atoms with van der Waals surface area (Å²) >= 11 is 1.74. The molecule has 3 nitrogen and oxygen atoms in total. The van der Waals surface area contributed by atoms with Gasteiger partial charge < -0.3 is 9.73 Å². The van der Waals surface area contributed by atoms with E-state index in [4.69, 9.17) is 4.42 Å². The Morgan fingerprint density at radius 1 is 1.38 bits per heavy atom. The first-order valence-corrected chi connectivity index (χ1v) is 6.43. The minimum absolute atomic E-state index is 0.897. The molecule has 0 saturated carbocycles. The standard InChI is InChI=1S/C12H16N2OS/c1(3-12-14-6-8-16-12)2-5-13-9-11-4-7-15-10-11/h4,6-8,10,13H,1-3,5,9H2. The third-order valence-electron chi connectivity index (χ3n) is 2.39. The van der Waals surface area contributed by atoms with Crippen molar-refractivity contribution in [3.8, 4) is 0 Å². The number of hydrogen-bond acceptors (Lipinski definition) is 4. The number of nitrogens with zero attached hydrogens (tertiary/aromatic N) is 1. The molecular weight excluding hydrogens is 220 g/mol.